The number of halogens is 3. The molecule has 4 heterocycles. The highest BCUT2D eigenvalue weighted by atomic mass is 35.5. The molecule has 0 spiro atoms. The number of carbonyl (C=O) groups excluding carboxylic acids is 1. The van der Waals surface area contributed by atoms with Crippen LogP contribution in [0.4, 0.5) is 19.7 Å². The van der Waals surface area contributed by atoms with Crippen molar-refractivity contribution >= 4 is 60.9 Å². The lowest BCUT2D eigenvalue weighted by molar-refractivity contribution is -0.133. The molecule has 41 heavy (non-hydrogen) atoms. The first kappa shape index (κ1) is 27.8. The molecule has 4 aromatic rings. The van der Waals surface area contributed by atoms with E-state index in [1.807, 2.05) is 19.0 Å². The van der Waals surface area contributed by atoms with Gasteiger partial charge in [0.25, 0.3) is 0 Å². The van der Waals surface area contributed by atoms with E-state index >= 15 is 4.39 Å². The molecule has 2 aromatic heterocycles. The van der Waals surface area contributed by atoms with E-state index in [-0.39, 0.29) is 62.0 Å². The summed E-state index contributed by atoms with van der Waals surface area (Å²) in [5, 5.41) is 0.622. The van der Waals surface area contributed by atoms with Crippen LogP contribution in [0.25, 0.3) is 32.2 Å². The molecule has 6 rings (SSSR count). The lowest BCUT2D eigenvalue weighted by Gasteiger charge is -2.44. The van der Waals surface area contributed by atoms with Gasteiger partial charge in [-0.25, -0.2) is 13.8 Å². The molecule has 1 atom stereocenters. The molecular weight excluding hydrogens is 574 g/mol. The fraction of sp³-hybridized carbons (Fsp3) is 0.407. The molecule has 0 aliphatic carbocycles. The van der Waals surface area contributed by atoms with Gasteiger partial charge in [0.2, 0.25) is 5.91 Å². The number of nitrogen functional groups attached to an aromatic ring is 1. The van der Waals surface area contributed by atoms with Gasteiger partial charge in [0, 0.05) is 42.7 Å². The van der Waals surface area contributed by atoms with Crippen molar-refractivity contribution in [3.63, 3.8) is 0 Å². The number of likely N-dealkylation sites (tertiary alicyclic amines) is 2. The minimum atomic E-state index is -0.708. The Kier molecular flexibility index (Phi) is 7.30. The maximum absolute atomic E-state index is 16.5. The Hall–Kier alpha value is -3.39. The number of thiazole rings is 1. The molecule has 0 unspecified atom stereocenters. The number of amides is 1. The number of carbonyl (C=O) groups is 1. The van der Waals surface area contributed by atoms with Crippen LogP contribution in [-0.2, 0) is 4.79 Å². The second kappa shape index (κ2) is 10.8. The van der Waals surface area contributed by atoms with E-state index in [2.05, 4.69) is 19.9 Å². The standard InChI is InChI=1S/C27H29ClF2N8O2S/c1-36-7-3-4-13(36)12-40-27-34-22-16(25(35-27)37(2)14-10-38(11-14)19(39)9-31)8-17(28)20(21(22)30)15-5-6-18(29)24-23(15)33-26(32)41-24/h5-6,8,13-14H,3-4,7,9-12,31H2,1-2H3,(H2,32,33)/t13-/m0/s1. The van der Waals surface area contributed by atoms with Gasteiger partial charge in [-0.3, -0.25) is 4.79 Å². The molecule has 0 bridgehead atoms. The minimum absolute atomic E-state index is 0.00548. The van der Waals surface area contributed by atoms with Crippen molar-refractivity contribution in [3.8, 4) is 17.1 Å². The Bertz CT molecular complexity index is 1660. The van der Waals surface area contributed by atoms with Crippen molar-refractivity contribution in [2.45, 2.75) is 24.9 Å². The molecule has 2 aliphatic heterocycles. The van der Waals surface area contributed by atoms with Crippen LogP contribution in [-0.4, -0.2) is 89.6 Å². The van der Waals surface area contributed by atoms with Gasteiger partial charge in [-0.15, -0.1) is 0 Å². The van der Waals surface area contributed by atoms with Gasteiger partial charge in [-0.05, 0) is 44.6 Å². The van der Waals surface area contributed by atoms with E-state index in [9.17, 15) is 9.18 Å². The lowest BCUT2D eigenvalue weighted by Crippen LogP contribution is -2.61. The van der Waals surface area contributed by atoms with Gasteiger partial charge in [0.15, 0.2) is 10.9 Å². The smallest absolute Gasteiger partial charge is 0.319 e. The molecule has 14 heteroatoms. The summed E-state index contributed by atoms with van der Waals surface area (Å²) in [5.74, 6) is -0.930. The Labute approximate surface area is 243 Å². The van der Waals surface area contributed by atoms with Crippen LogP contribution in [0.1, 0.15) is 12.8 Å². The number of anilines is 2. The van der Waals surface area contributed by atoms with Gasteiger partial charge in [-0.1, -0.05) is 22.9 Å². The average Bonchev–Trinajstić information content (AvgIpc) is 3.52. The maximum Gasteiger partial charge on any atom is 0.319 e. The van der Waals surface area contributed by atoms with E-state index < -0.39 is 11.6 Å². The van der Waals surface area contributed by atoms with Gasteiger partial charge >= 0.3 is 6.01 Å². The monoisotopic (exact) mass is 602 g/mol. The Morgan fingerprint density at radius 1 is 1.24 bits per heavy atom. The largest absolute Gasteiger partial charge is 0.462 e. The molecule has 4 N–H and O–H groups in total. The molecular formula is C27H29ClF2N8O2S. The van der Waals surface area contributed by atoms with Crippen molar-refractivity contribution in [2.75, 3.05) is 57.5 Å². The van der Waals surface area contributed by atoms with E-state index in [4.69, 9.17) is 27.8 Å². The van der Waals surface area contributed by atoms with Crippen LogP contribution in [0.3, 0.4) is 0 Å². The normalized spacial score (nSPS) is 17.9. The third kappa shape index (κ3) is 4.90. The SMILES string of the molecule is CN(c1nc(OC[C@@H]2CCCN2C)nc2c(F)c(-c3ccc(F)c4sc(N)nc34)c(Cl)cc12)C1CN(C(=O)CN)C1. The molecule has 0 saturated carbocycles. The zero-order valence-electron chi connectivity index (χ0n) is 22.5. The number of likely N-dealkylation sites (N-methyl/N-ethyl adjacent to an activating group) is 2. The van der Waals surface area contributed by atoms with Crippen molar-refractivity contribution in [3.05, 3.63) is 34.9 Å². The zero-order valence-corrected chi connectivity index (χ0v) is 24.1. The third-order valence-corrected chi connectivity index (χ3v) is 9.16. The first-order chi connectivity index (χ1) is 19.7. The lowest BCUT2D eigenvalue weighted by atomic mass is 10.0. The first-order valence-corrected chi connectivity index (χ1v) is 14.4. The topological polar surface area (TPSA) is 127 Å². The van der Waals surface area contributed by atoms with Gasteiger partial charge in [0.05, 0.1) is 27.8 Å². The summed E-state index contributed by atoms with van der Waals surface area (Å²) >= 11 is 7.69. The summed E-state index contributed by atoms with van der Waals surface area (Å²) in [6.45, 7) is 2.17. The number of hydrogen-bond acceptors (Lipinski definition) is 10. The Morgan fingerprint density at radius 3 is 2.73 bits per heavy atom. The fourth-order valence-electron chi connectivity index (χ4n) is 5.50. The van der Waals surface area contributed by atoms with Crippen LogP contribution in [0.5, 0.6) is 6.01 Å². The number of hydrogen-bond donors (Lipinski definition) is 2. The number of nitrogens with two attached hydrogens (primary N) is 2. The second-order valence-corrected chi connectivity index (χ2v) is 11.9. The molecule has 1 amide bonds. The predicted octanol–water partition coefficient (Wildman–Crippen LogP) is 3.50. The molecule has 10 nitrogen and oxygen atoms in total. The van der Waals surface area contributed by atoms with E-state index in [0.29, 0.717) is 36.5 Å². The summed E-state index contributed by atoms with van der Waals surface area (Å²) in [6.07, 6.45) is 2.05. The predicted molar refractivity (Wildman–Crippen MR) is 156 cm³/mol. The molecule has 216 valence electrons. The van der Waals surface area contributed by atoms with E-state index in [1.165, 1.54) is 12.1 Å². The highest BCUT2D eigenvalue weighted by Gasteiger charge is 2.35. The van der Waals surface area contributed by atoms with Crippen LogP contribution in [0.2, 0.25) is 5.02 Å². The molecule has 2 fully saturated rings. The zero-order chi connectivity index (χ0) is 29.0. The van der Waals surface area contributed by atoms with Crippen LogP contribution < -0.4 is 21.1 Å². The summed E-state index contributed by atoms with van der Waals surface area (Å²) in [6, 6.07) is 4.43. The molecule has 0 radical (unpaired) electrons. The minimum Gasteiger partial charge on any atom is -0.462 e. The van der Waals surface area contributed by atoms with Gasteiger partial charge in [-0.2, -0.15) is 9.97 Å². The van der Waals surface area contributed by atoms with Crippen LogP contribution >= 0.6 is 22.9 Å². The summed E-state index contributed by atoms with van der Waals surface area (Å²) in [4.78, 5) is 31.2. The third-order valence-electron chi connectivity index (χ3n) is 7.97. The molecule has 2 saturated heterocycles. The van der Waals surface area contributed by atoms with Gasteiger partial charge < -0.3 is 30.9 Å². The number of fused-ring (bicyclic) bond motifs is 2. The van der Waals surface area contributed by atoms with Gasteiger partial charge in [0.1, 0.15) is 23.8 Å². The van der Waals surface area contributed by atoms with Crippen molar-refractivity contribution in [1.29, 1.82) is 0 Å². The Morgan fingerprint density at radius 2 is 2.02 bits per heavy atom. The van der Waals surface area contributed by atoms with E-state index in [0.717, 1.165) is 30.7 Å². The van der Waals surface area contributed by atoms with Crippen molar-refractivity contribution < 1.29 is 18.3 Å². The number of ether oxygens (including phenoxy) is 1. The number of nitrogens with zero attached hydrogens (tertiary/aromatic N) is 6. The fourth-order valence-corrected chi connectivity index (χ4v) is 6.56. The van der Waals surface area contributed by atoms with Crippen LogP contribution in [0, 0.1) is 11.6 Å². The highest BCUT2D eigenvalue weighted by Crippen LogP contribution is 2.43. The summed E-state index contributed by atoms with van der Waals surface area (Å²) in [7, 11) is 3.86. The summed E-state index contributed by atoms with van der Waals surface area (Å²) in [5.41, 5.74) is 11.9. The van der Waals surface area contributed by atoms with Crippen LogP contribution in [0.15, 0.2) is 18.2 Å². The van der Waals surface area contributed by atoms with E-state index in [1.54, 1.807) is 11.0 Å². The van der Waals surface area contributed by atoms with Crippen molar-refractivity contribution in [1.82, 2.24) is 24.8 Å². The summed E-state index contributed by atoms with van der Waals surface area (Å²) < 4.78 is 37.3. The quantitative estimate of drug-likeness (QED) is 0.327. The maximum atomic E-state index is 16.5. The molecule has 2 aliphatic rings. The molecule has 2 aromatic carbocycles. The number of rotatable bonds is 7. The Balaban J connectivity index is 1.46. The number of aromatic nitrogens is 3. The first-order valence-electron chi connectivity index (χ1n) is 13.2. The average molecular weight is 603 g/mol. The second-order valence-electron chi connectivity index (χ2n) is 10.5. The van der Waals surface area contributed by atoms with Crippen molar-refractivity contribution in [2.24, 2.45) is 5.73 Å². The number of benzene rings is 2. The highest BCUT2D eigenvalue weighted by molar-refractivity contribution is 7.22.